The first-order valence-corrected chi connectivity index (χ1v) is 9.05. The van der Waals surface area contributed by atoms with Crippen molar-refractivity contribution >= 4 is 37.4 Å². The number of nitrogens with one attached hydrogen (secondary N) is 1. The molecule has 2 aromatic rings. The van der Waals surface area contributed by atoms with Crippen molar-refractivity contribution in [1.29, 1.82) is 0 Å². The second kappa shape index (κ2) is 7.73. The molecule has 0 amide bonds. The van der Waals surface area contributed by atoms with E-state index < -0.39 is 0 Å². The Morgan fingerprint density at radius 2 is 2.14 bits per heavy atom. The maximum atomic E-state index is 5.07. The molecule has 1 N–H and O–H groups in total. The van der Waals surface area contributed by atoms with Crippen molar-refractivity contribution in [3.8, 4) is 0 Å². The van der Waals surface area contributed by atoms with E-state index in [0.717, 1.165) is 26.1 Å². The largest absolute Gasteiger partial charge is 0.383 e. The summed E-state index contributed by atoms with van der Waals surface area (Å²) in [4.78, 5) is 0. The highest BCUT2D eigenvalue weighted by molar-refractivity contribution is 9.10. The lowest BCUT2D eigenvalue weighted by molar-refractivity contribution is 0.193. The zero-order chi connectivity index (χ0) is 15.3. The van der Waals surface area contributed by atoms with Crippen LogP contribution in [0.1, 0.15) is 25.8 Å². The maximum Gasteiger partial charge on any atom is 0.0587 e. The van der Waals surface area contributed by atoms with Gasteiger partial charge in [-0.25, -0.2) is 0 Å². The van der Waals surface area contributed by atoms with Crippen LogP contribution in [0.25, 0.3) is 10.1 Å². The van der Waals surface area contributed by atoms with Crippen molar-refractivity contribution in [2.45, 2.75) is 26.7 Å². The van der Waals surface area contributed by atoms with Gasteiger partial charge in [0.15, 0.2) is 0 Å². The van der Waals surface area contributed by atoms with Crippen LogP contribution >= 0.6 is 27.3 Å². The summed E-state index contributed by atoms with van der Waals surface area (Å²) in [6.07, 6.45) is 2.32. The second-order valence-electron chi connectivity index (χ2n) is 6.21. The Kier molecular flexibility index (Phi) is 6.23. The van der Waals surface area contributed by atoms with Gasteiger partial charge in [-0.3, -0.25) is 0 Å². The number of hydrogen-bond donors (Lipinski definition) is 1. The Morgan fingerprint density at radius 1 is 1.33 bits per heavy atom. The predicted octanol–water partition coefficient (Wildman–Crippen LogP) is 4.86. The number of methoxy groups -OCH3 is 1. The first-order chi connectivity index (χ1) is 10.0. The molecule has 0 aliphatic carbocycles. The zero-order valence-electron chi connectivity index (χ0n) is 13.0. The van der Waals surface area contributed by atoms with E-state index in [2.05, 4.69) is 58.7 Å². The number of rotatable bonds is 8. The molecule has 116 valence electrons. The molecule has 0 spiro atoms. The lowest BCUT2D eigenvalue weighted by Gasteiger charge is -2.25. The van der Waals surface area contributed by atoms with Gasteiger partial charge in [-0.1, -0.05) is 26.0 Å². The molecule has 0 radical (unpaired) electrons. The van der Waals surface area contributed by atoms with Crippen molar-refractivity contribution < 1.29 is 4.74 Å². The van der Waals surface area contributed by atoms with E-state index in [1.165, 1.54) is 26.5 Å². The number of halogens is 1. The van der Waals surface area contributed by atoms with E-state index >= 15 is 0 Å². The summed E-state index contributed by atoms with van der Waals surface area (Å²) in [5, 5.41) is 7.18. The van der Waals surface area contributed by atoms with Gasteiger partial charge in [0, 0.05) is 29.4 Å². The third-order valence-electron chi connectivity index (χ3n) is 3.79. The summed E-state index contributed by atoms with van der Waals surface area (Å²) >= 11 is 5.47. The van der Waals surface area contributed by atoms with Crippen molar-refractivity contribution in [3.63, 3.8) is 0 Å². The lowest BCUT2D eigenvalue weighted by atomic mass is 9.86. The fraction of sp³-hybridized carbons (Fsp3) is 0.529. The fourth-order valence-electron chi connectivity index (χ4n) is 2.43. The maximum absolute atomic E-state index is 5.07. The zero-order valence-corrected chi connectivity index (χ0v) is 15.4. The van der Waals surface area contributed by atoms with E-state index in [-0.39, 0.29) is 0 Å². The van der Waals surface area contributed by atoms with Crippen LogP contribution in [-0.4, -0.2) is 26.8 Å². The SMILES string of the molecule is COCCNCC(C)(C)CCc1csc2c(Br)cccc12. The molecular weight excluding hydrogens is 346 g/mol. The molecule has 0 saturated carbocycles. The minimum atomic E-state index is 0.300. The second-order valence-corrected chi connectivity index (χ2v) is 7.95. The highest BCUT2D eigenvalue weighted by Crippen LogP contribution is 2.34. The molecule has 0 aliphatic heterocycles. The standard InChI is InChI=1S/C17H24BrNOS/c1-17(2,12-19-9-10-20-3)8-7-13-11-21-16-14(13)5-4-6-15(16)18/h4-6,11,19H,7-10,12H2,1-3H3. The molecule has 4 heteroatoms. The Bertz CT molecular complexity index is 579. The van der Waals surface area contributed by atoms with Crippen molar-refractivity contribution in [2.24, 2.45) is 5.41 Å². The number of benzene rings is 1. The monoisotopic (exact) mass is 369 g/mol. The van der Waals surface area contributed by atoms with Gasteiger partial charge in [0.2, 0.25) is 0 Å². The van der Waals surface area contributed by atoms with Gasteiger partial charge in [-0.05, 0) is 56.6 Å². The molecule has 0 bridgehead atoms. The topological polar surface area (TPSA) is 21.3 Å². The molecule has 2 rings (SSSR count). The van der Waals surface area contributed by atoms with E-state index in [0.29, 0.717) is 5.41 Å². The molecular formula is C17H24BrNOS. The van der Waals surface area contributed by atoms with E-state index in [4.69, 9.17) is 4.74 Å². The number of ether oxygens (including phenoxy) is 1. The molecule has 2 nitrogen and oxygen atoms in total. The average Bonchev–Trinajstić information content (AvgIpc) is 2.86. The van der Waals surface area contributed by atoms with Crippen molar-refractivity contribution in [2.75, 3.05) is 26.8 Å². The molecule has 0 fully saturated rings. The average molecular weight is 370 g/mol. The summed E-state index contributed by atoms with van der Waals surface area (Å²) in [5.74, 6) is 0. The fourth-order valence-corrected chi connectivity index (χ4v) is 4.09. The van der Waals surface area contributed by atoms with Crippen LogP contribution in [0.3, 0.4) is 0 Å². The summed E-state index contributed by atoms with van der Waals surface area (Å²) in [5.41, 5.74) is 1.77. The summed E-state index contributed by atoms with van der Waals surface area (Å²) in [7, 11) is 1.74. The Hall–Kier alpha value is -0.420. The molecule has 1 aromatic heterocycles. The van der Waals surface area contributed by atoms with E-state index in [1.54, 1.807) is 7.11 Å². The van der Waals surface area contributed by atoms with E-state index in [1.807, 2.05) is 11.3 Å². The molecule has 1 aromatic carbocycles. The molecule has 1 heterocycles. The van der Waals surface area contributed by atoms with Gasteiger partial charge in [-0.15, -0.1) is 11.3 Å². The predicted molar refractivity (Wildman–Crippen MR) is 96.4 cm³/mol. The van der Waals surface area contributed by atoms with Gasteiger partial charge >= 0.3 is 0 Å². The van der Waals surface area contributed by atoms with Crippen LogP contribution < -0.4 is 5.32 Å². The van der Waals surface area contributed by atoms with Gasteiger partial charge < -0.3 is 10.1 Å². The minimum Gasteiger partial charge on any atom is -0.383 e. The summed E-state index contributed by atoms with van der Waals surface area (Å²) < 4.78 is 7.64. The van der Waals surface area contributed by atoms with Crippen LogP contribution in [0.15, 0.2) is 28.1 Å². The first kappa shape index (κ1) is 16.9. The number of hydrogen-bond acceptors (Lipinski definition) is 3. The third kappa shape index (κ3) is 4.78. The van der Waals surface area contributed by atoms with Crippen LogP contribution in [0, 0.1) is 5.41 Å². The van der Waals surface area contributed by atoms with E-state index in [9.17, 15) is 0 Å². The first-order valence-electron chi connectivity index (χ1n) is 7.38. The van der Waals surface area contributed by atoms with Gasteiger partial charge in [0.05, 0.1) is 6.61 Å². The summed E-state index contributed by atoms with van der Waals surface area (Å²) in [6, 6.07) is 6.47. The number of fused-ring (bicyclic) bond motifs is 1. The normalized spacial score (nSPS) is 12.2. The Morgan fingerprint density at radius 3 is 2.90 bits per heavy atom. The lowest BCUT2D eigenvalue weighted by Crippen LogP contribution is -2.31. The van der Waals surface area contributed by atoms with Crippen LogP contribution in [-0.2, 0) is 11.2 Å². The van der Waals surface area contributed by atoms with Crippen molar-refractivity contribution in [1.82, 2.24) is 5.32 Å². The highest BCUT2D eigenvalue weighted by atomic mass is 79.9. The minimum absolute atomic E-state index is 0.300. The van der Waals surface area contributed by atoms with Crippen LogP contribution in [0.4, 0.5) is 0 Å². The number of aryl methyl sites for hydroxylation is 1. The summed E-state index contributed by atoms with van der Waals surface area (Å²) in [6.45, 7) is 7.39. The highest BCUT2D eigenvalue weighted by Gasteiger charge is 2.18. The van der Waals surface area contributed by atoms with Gasteiger partial charge in [-0.2, -0.15) is 0 Å². The quantitative estimate of drug-likeness (QED) is 0.670. The third-order valence-corrected chi connectivity index (χ3v) is 5.79. The Labute approximate surface area is 140 Å². The van der Waals surface area contributed by atoms with Crippen molar-refractivity contribution in [3.05, 3.63) is 33.6 Å². The molecule has 0 unspecified atom stereocenters. The number of thiophene rings is 1. The van der Waals surface area contributed by atoms with Crippen LogP contribution in [0.5, 0.6) is 0 Å². The molecule has 0 atom stereocenters. The molecule has 21 heavy (non-hydrogen) atoms. The van der Waals surface area contributed by atoms with Gasteiger partial charge in [0.1, 0.15) is 0 Å². The van der Waals surface area contributed by atoms with Gasteiger partial charge in [0.25, 0.3) is 0 Å². The van der Waals surface area contributed by atoms with Crippen LogP contribution in [0.2, 0.25) is 0 Å². The Balaban J connectivity index is 1.93. The smallest absolute Gasteiger partial charge is 0.0587 e. The molecule has 0 saturated heterocycles. The molecule has 0 aliphatic rings.